The van der Waals surface area contributed by atoms with Crippen molar-refractivity contribution in [2.24, 2.45) is 0 Å². The third-order valence-corrected chi connectivity index (χ3v) is 4.30. The maximum atomic E-state index is 12.8. The van der Waals surface area contributed by atoms with Gasteiger partial charge < -0.3 is 9.88 Å². The lowest BCUT2D eigenvalue weighted by molar-refractivity contribution is 0.0983. The number of nitrogens with one attached hydrogen (secondary N) is 1. The lowest BCUT2D eigenvalue weighted by Gasteiger charge is -2.17. The van der Waals surface area contributed by atoms with Gasteiger partial charge in [-0.1, -0.05) is 35.9 Å². The fraction of sp³-hybridized carbons (Fsp3) is 0.118. The zero-order valence-corrected chi connectivity index (χ0v) is 12.8. The third-order valence-electron chi connectivity index (χ3n) is 3.99. The van der Waals surface area contributed by atoms with Crippen molar-refractivity contribution in [2.75, 3.05) is 11.4 Å². The van der Waals surface area contributed by atoms with E-state index in [1.807, 2.05) is 18.2 Å². The molecule has 1 aliphatic rings. The number of carbonyl (C=O) groups excluding carboxylic acids is 1. The highest BCUT2D eigenvalue weighted by Crippen LogP contribution is 2.35. The first-order valence-electron chi connectivity index (χ1n) is 7.23. The lowest BCUT2D eigenvalue weighted by atomic mass is 10.2. The Morgan fingerprint density at radius 2 is 2.00 bits per heavy atom. The van der Waals surface area contributed by atoms with Crippen LogP contribution in [0.5, 0.6) is 0 Å². The van der Waals surface area contributed by atoms with E-state index in [4.69, 9.17) is 11.6 Å². The van der Waals surface area contributed by atoms with Gasteiger partial charge in [-0.05, 0) is 30.2 Å². The number of aromatic amines is 1. The first kappa shape index (κ1) is 14.0. The number of hydrogen-bond donors (Lipinski definition) is 1. The monoisotopic (exact) mass is 325 g/mol. The van der Waals surface area contributed by atoms with Gasteiger partial charge in [-0.15, -0.1) is 0 Å². The quantitative estimate of drug-likeness (QED) is 0.748. The average Bonchev–Trinajstić information content (AvgIpc) is 2.99. The Morgan fingerprint density at radius 1 is 1.17 bits per heavy atom. The molecule has 114 valence electrons. The van der Waals surface area contributed by atoms with Crippen LogP contribution in [0, 0.1) is 0 Å². The SMILES string of the molecule is O=C(c1nc2ccccc2[nH]c1=O)N1CCc2cccc(Cl)c21. The second-order valence-electron chi connectivity index (χ2n) is 5.39. The van der Waals surface area contributed by atoms with Crippen molar-refractivity contribution in [3.63, 3.8) is 0 Å². The lowest BCUT2D eigenvalue weighted by Crippen LogP contribution is -2.34. The second kappa shape index (κ2) is 5.21. The molecule has 0 fully saturated rings. The number of carbonyl (C=O) groups is 1. The van der Waals surface area contributed by atoms with Gasteiger partial charge >= 0.3 is 0 Å². The number of benzene rings is 2. The number of rotatable bonds is 1. The number of para-hydroxylation sites is 3. The summed E-state index contributed by atoms with van der Waals surface area (Å²) in [5.74, 6) is -0.427. The molecule has 1 aromatic heterocycles. The van der Waals surface area contributed by atoms with Crippen molar-refractivity contribution >= 4 is 34.2 Å². The van der Waals surface area contributed by atoms with Crippen molar-refractivity contribution in [3.05, 3.63) is 69.1 Å². The molecule has 0 saturated heterocycles. The predicted molar refractivity (Wildman–Crippen MR) is 89.2 cm³/mol. The Bertz CT molecular complexity index is 997. The number of anilines is 1. The highest BCUT2D eigenvalue weighted by Gasteiger charge is 2.30. The van der Waals surface area contributed by atoms with Gasteiger partial charge in [-0.3, -0.25) is 9.59 Å². The molecule has 5 nitrogen and oxygen atoms in total. The normalized spacial score (nSPS) is 13.3. The summed E-state index contributed by atoms with van der Waals surface area (Å²) in [5.41, 5.74) is 2.25. The van der Waals surface area contributed by atoms with Gasteiger partial charge in [0.15, 0.2) is 5.69 Å². The molecule has 0 spiro atoms. The van der Waals surface area contributed by atoms with Crippen molar-refractivity contribution in [1.29, 1.82) is 0 Å². The van der Waals surface area contributed by atoms with E-state index in [-0.39, 0.29) is 5.69 Å². The Kier molecular flexibility index (Phi) is 3.16. The van der Waals surface area contributed by atoms with E-state index in [9.17, 15) is 9.59 Å². The summed E-state index contributed by atoms with van der Waals surface area (Å²) >= 11 is 6.23. The third kappa shape index (κ3) is 2.21. The summed E-state index contributed by atoms with van der Waals surface area (Å²) < 4.78 is 0. The van der Waals surface area contributed by atoms with E-state index in [0.29, 0.717) is 34.7 Å². The minimum absolute atomic E-state index is 0.114. The van der Waals surface area contributed by atoms with Gasteiger partial charge in [0.2, 0.25) is 0 Å². The molecule has 0 saturated carbocycles. The standard InChI is InChI=1S/C17H12ClN3O2/c18-11-5-3-4-10-8-9-21(15(10)11)17(23)14-16(22)20-13-7-2-1-6-12(13)19-14/h1-7H,8-9H2,(H,20,22). The fourth-order valence-electron chi connectivity index (χ4n) is 2.91. The van der Waals surface area contributed by atoms with Gasteiger partial charge in [0.05, 0.1) is 21.7 Å². The zero-order valence-electron chi connectivity index (χ0n) is 12.0. The molecule has 0 atom stereocenters. The molecule has 23 heavy (non-hydrogen) atoms. The fourth-order valence-corrected chi connectivity index (χ4v) is 3.21. The molecule has 1 aliphatic heterocycles. The molecule has 4 rings (SSSR count). The number of amides is 1. The summed E-state index contributed by atoms with van der Waals surface area (Å²) in [6.07, 6.45) is 0.715. The summed E-state index contributed by atoms with van der Waals surface area (Å²) in [5, 5.41) is 0.505. The maximum absolute atomic E-state index is 12.8. The van der Waals surface area contributed by atoms with Crippen LogP contribution in [-0.2, 0) is 6.42 Å². The summed E-state index contributed by atoms with van der Waals surface area (Å²) in [6.45, 7) is 0.492. The highest BCUT2D eigenvalue weighted by molar-refractivity contribution is 6.34. The van der Waals surface area contributed by atoms with E-state index < -0.39 is 11.5 Å². The van der Waals surface area contributed by atoms with Crippen LogP contribution in [0.1, 0.15) is 16.1 Å². The summed E-state index contributed by atoms with van der Waals surface area (Å²) in [6, 6.07) is 12.7. The Hall–Kier alpha value is -2.66. The van der Waals surface area contributed by atoms with Crippen LogP contribution < -0.4 is 10.5 Å². The number of aromatic nitrogens is 2. The number of halogens is 1. The second-order valence-corrected chi connectivity index (χ2v) is 5.79. The van der Waals surface area contributed by atoms with Gasteiger partial charge in [0, 0.05) is 6.54 Å². The molecule has 1 amide bonds. The van der Waals surface area contributed by atoms with Crippen LogP contribution >= 0.6 is 11.6 Å². The minimum Gasteiger partial charge on any atom is -0.319 e. The van der Waals surface area contributed by atoms with E-state index >= 15 is 0 Å². The molecule has 3 aromatic rings. The molecular weight excluding hydrogens is 314 g/mol. The number of H-pyrrole nitrogens is 1. The smallest absolute Gasteiger partial charge is 0.282 e. The van der Waals surface area contributed by atoms with E-state index in [1.165, 1.54) is 4.90 Å². The Morgan fingerprint density at radius 3 is 2.87 bits per heavy atom. The number of hydrogen-bond acceptors (Lipinski definition) is 3. The topological polar surface area (TPSA) is 66.1 Å². The van der Waals surface area contributed by atoms with Crippen molar-refractivity contribution in [2.45, 2.75) is 6.42 Å². The van der Waals surface area contributed by atoms with Crippen LogP contribution in [0.3, 0.4) is 0 Å². The van der Waals surface area contributed by atoms with Crippen molar-refractivity contribution in [3.8, 4) is 0 Å². The van der Waals surface area contributed by atoms with Gasteiger partial charge in [-0.25, -0.2) is 4.98 Å². The van der Waals surface area contributed by atoms with Crippen LogP contribution in [0.15, 0.2) is 47.3 Å². The average molecular weight is 326 g/mol. The van der Waals surface area contributed by atoms with Crippen LogP contribution in [0.25, 0.3) is 11.0 Å². The zero-order chi connectivity index (χ0) is 16.0. The maximum Gasteiger partial charge on any atom is 0.282 e. The van der Waals surface area contributed by atoms with Crippen molar-refractivity contribution < 1.29 is 4.79 Å². The van der Waals surface area contributed by atoms with E-state index in [1.54, 1.807) is 24.3 Å². The number of nitrogens with zero attached hydrogens (tertiary/aromatic N) is 2. The minimum atomic E-state index is -0.491. The molecule has 2 aromatic carbocycles. The first-order chi connectivity index (χ1) is 11.1. The van der Waals surface area contributed by atoms with Crippen LogP contribution in [0.2, 0.25) is 5.02 Å². The van der Waals surface area contributed by atoms with Crippen LogP contribution in [-0.4, -0.2) is 22.4 Å². The van der Waals surface area contributed by atoms with E-state index in [2.05, 4.69) is 9.97 Å². The molecule has 6 heteroatoms. The van der Waals surface area contributed by atoms with Crippen LogP contribution in [0.4, 0.5) is 5.69 Å². The summed E-state index contributed by atoms with van der Waals surface area (Å²) in [7, 11) is 0. The molecule has 2 heterocycles. The first-order valence-corrected chi connectivity index (χ1v) is 7.61. The van der Waals surface area contributed by atoms with Gasteiger partial charge in [0.1, 0.15) is 0 Å². The number of fused-ring (bicyclic) bond motifs is 2. The van der Waals surface area contributed by atoms with Gasteiger partial charge in [0.25, 0.3) is 11.5 Å². The molecule has 0 bridgehead atoms. The predicted octanol–water partition coefficient (Wildman–Crippen LogP) is 2.78. The largest absolute Gasteiger partial charge is 0.319 e. The molecule has 0 aliphatic carbocycles. The Labute approximate surface area is 136 Å². The molecular formula is C17H12ClN3O2. The molecule has 1 N–H and O–H groups in total. The van der Waals surface area contributed by atoms with Gasteiger partial charge in [-0.2, -0.15) is 0 Å². The Balaban J connectivity index is 1.83. The van der Waals surface area contributed by atoms with E-state index in [0.717, 1.165) is 5.56 Å². The molecule has 0 unspecified atom stereocenters. The molecule has 0 radical (unpaired) electrons. The van der Waals surface area contributed by atoms with Crippen molar-refractivity contribution in [1.82, 2.24) is 9.97 Å². The highest BCUT2D eigenvalue weighted by atomic mass is 35.5. The summed E-state index contributed by atoms with van der Waals surface area (Å²) in [4.78, 5) is 33.5.